The average molecular weight is 504 g/mol. The summed E-state index contributed by atoms with van der Waals surface area (Å²) in [6, 6.07) is 5.86. The molecule has 1 aliphatic carbocycles. The van der Waals surface area contributed by atoms with Crippen LogP contribution in [0.25, 0.3) is 10.9 Å². The maximum atomic E-state index is 11.6. The summed E-state index contributed by atoms with van der Waals surface area (Å²) >= 11 is 6.10. The van der Waals surface area contributed by atoms with Crippen LogP contribution >= 0.6 is 35.6 Å². The van der Waals surface area contributed by atoms with Gasteiger partial charge in [0.05, 0.1) is 0 Å². The summed E-state index contributed by atoms with van der Waals surface area (Å²) in [5.41, 5.74) is 2.30. The van der Waals surface area contributed by atoms with E-state index in [2.05, 4.69) is 25.9 Å². The number of amides is 1. The van der Waals surface area contributed by atoms with Crippen LogP contribution in [0.15, 0.2) is 29.4 Å². The number of fused-ring (bicyclic) bond motifs is 1. The molecule has 148 valence electrons. The van der Waals surface area contributed by atoms with Crippen LogP contribution in [0, 0.1) is 5.92 Å². The second kappa shape index (κ2) is 10.8. The molecule has 2 aromatic rings. The predicted octanol–water partition coefficient (Wildman–Crippen LogP) is 3.06. The fraction of sp³-hybridized carbons (Fsp3) is 0.474. The summed E-state index contributed by atoms with van der Waals surface area (Å²) in [6.45, 7) is 4.77. The van der Waals surface area contributed by atoms with E-state index < -0.39 is 0 Å². The molecule has 1 fully saturated rings. The quantitative estimate of drug-likeness (QED) is 0.193. The van der Waals surface area contributed by atoms with Gasteiger partial charge in [-0.25, -0.2) is 0 Å². The number of aliphatic imine (C=N–C) groups is 1. The number of nitrogens with zero attached hydrogens (tertiary/aromatic N) is 1. The highest BCUT2D eigenvalue weighted by Gasteiger charge is 2.28. The van der Waals surface area contributed by atoms with Crippen LogP contribution in [0.4, 0.5) is 0 Å². The molecule has 27 heavy (non-hydrogen) atoms. The molecule has 1 aromatic heterocycles. The Morgan fingerprint density at radius 3 is 2.78 bits per heavy atom. The van der Waals surface area contributed by atoms with Crippen molar-refractivity contribution in [3.8, 4) is 0 Å². The number of H-pyrrole nitrogens is 1. The summed E-state index contributed by atoms with van der Waals surface area (Å²) in [7, 11) is 0. The molecule has 1 aliphatic rings. The van der Waals surface area contributed by atoms with E-state index in [1.807, 2.05) is 31.3 Å². The zero-order chi connectivity index (χ0) is 18.4. The molecule has 3 rings (SSSR count). The number of aromatic amines is 1. The van der Waals surface area contributed by atoms with Gasteiger partial charge in [0.25, 0.3) is 0 Å². The minimum absolute atomic E-state index is 0. The molecule has 1 aromatic carbocycles. The number of benzene rings is 1. The molecule has 0 aliphatic heterocycles. The molecule has 0 saturated heterocycles. The standard InChI is InChI=1S/C19H26ClN5O.HI/c1-2-21-19(24-10-9-22-18(26)13-3-4-13)23-8-7-14-12-25-17-6-5-15(20)11-16(14)17;/h5-6,11-13,25H,2-4,7-10H2,1H3,(H,22,26)(H2,21,23,24);1H. The van der Waals surface area contributed by atoms with E-state index in [-0.39, 0.29) is 35.8 Å². The lowest BCUT2D eigenvalue weighted by Gasteiger charge is -2.11. The van der Waals surface area contributed by atoms with E-state index in [1.165, 1.54) is 5.56 Å². The summed E-state index contributed by atoms with van der Waals surface area (Å²) in [5, 5.41) is 11.3. The third kappa shape index (κ3) is 6.57. The van der Waals surface area contributed by atoms with Gasteiger partial charge in [0.1, 0.15) is 0 Å². The zero-order valence-electron chi connectivity index (χ0n) is 15.5. The van der Waals surface area contributed by atoms with E-state index in [9.17, 15) is 4.79 Å². The molecule has 1 saturated carbocycles. The van der Waals surface area contributed by atoms with Gasteiger partial charge in [-0.05, 0) is 49.9 Å². The topological polar surface area (TPSA) is 81.3 Å². The number of hydrogen-bond donors (Lipinski definition) is 4. The molecule has 4 N–H and O–H groups in total. The minimum Gasteiger partial charge on any atom is -0.361 e. The Kier molecular flexibility index (Phi) is 8.69. The third-order valence-corrected chi connectivity index (χ3v) is 4.62. The first-order valence-electron chi connectivity index (χ1n) is 9.22. The molecule has 0 atom stereocenters. The van der Waals surface area contributed by atoms with Gasteiger partial charge in [-0.1, -0.05) is 11.6 Å². The SMILES string of the molecule is CCNC(=NCCc1c[nH]c2ccc(Cl)cc12)NCCNC(=O)C1CC1.I. The van der Waals surface area contributed by atoms with Crippen molar-refractivity contribution in [1.29, 1.82) is 0 Å². The maximum Gasteiger partial charge on any atom is 0.223 e. The summed E-state index contributed by atoms with van der Waals surface area (Å²) in [4.78, 5) is 19.5. The zero-order valence-corrected chi connectivity index (χ0v) is 18.6. The van der Waals surface area contributed by atoms with Crippen molar-refractivity contribution in [2.75, 3.05) is 26.2 Å². The van der Waals surface area contributed by atoms with Crippen LogP contribution in [-0.2, 0) is 11.2 Å². The third-order valence-electron chi connectivity index (χ3n) is 4.39. The number of hydrogen-bond acceptors (Lipinski definition) is 2. The van der Waals surface area contributed by atoms with Crippen molar-refractivity contribution >= 4 is 58.3 Å². The lowest BCUT2D eigenvalue weighted by atomic mass is 10.1. The number of guanidine groups is 1. The van der Waals surface area contributed by atoms with Gasteiger partial charge in [-0.3, -0.25) is 9.79 Å². The smallest absolute Gasteiger partial charge is 0.223 e. The van der Waals surface area contributed by atoms with Crippen molar-refractivity contribution < 1.29 is 4.79 Å². The monoisotopic (exact) mass is 503 g/mol. The van der Waals surface area contributed by atoms with Crippen LogP contribution in [0.1, 0.15) is 25.3 Å². The van der Waals surface area contributed by atoms with Crippen LogP contribution in [0.2, 0.25) is 5.02 Å². The number of carbonyl (C=O) groups is 1. The highest BCUT2D eigenvalue weighted by Crippen LogP contribution is 2.28. The predicted molar refractivity (Wildman–Crippen MR) is 122 cm³/mol. The maximum absolute atomic E-state index is 11.6. The highest BCUT2D eigenvalue weighted by atomic mass is 127. The molecular weight excluding hydrogens is 477 g/mol. The van der Waals surface area contributed by atoms with Crippen LogP contribution in [-0.4, -0.2) is 43.0 Å². The molecule has 0 unspecified atom stereocenters. The molecule has 0 spiro atoms. The van der Waals surface area contributed by atoms with E-state index in [0.717, 1.165) is 47.7 Å². The average Bonchev–Trinajstić information content (AvgIpc) is 3.41. The normalized spacial score (nSPS) is 13.9. The van der Waals surface area contributed by atoms with Crippen molar-refractivity contribution in [3.63, 3.8) is 0 Å². The van der Waals surface area contributed by atoms with Crippen LogP contribution in [0.5, 0.6) is 0 Å². The molecule has 0 radical (unpaired) electrons. The lowest BCUT2D eigenvalue weighted by molar-refractivity contribution is -0.122. The number of halogens is 2. The van der Waals surface area contributed by atoms with E-state index in [1.54, 1.807) is 0 Å². The Balaban J connectivity index is 0.00000261. The molecular formula is C19H27ClIN5O. The molecule has 6 nitrogen and oxygen atoms in total. The summed E-state index contributed by atoms with van der Waals surface area (Å²) < 4.78 is 0. The Morgan fingerprint density at radius 2 is 2.04 bits per heavy atom. The van der Waals surface area contributed by atoms with E-state index >= 15 is 0 Å². The van der Waals surface area contributed by atoms with Crippen LogP contribution < -0.4 is 16.0 Å². The molecule has 1 amide bonds. The van der Waals surface area contributed by atoms with Gasteiger partial charge >= 0.3 is 0 Å². The number of nitrogens with one attached hydrogen (secondary N) is 4. The van der Waals surface area contributed by atoms with Gasteiger partial charge < -0.3 is 20.9 Å². The first kappa shape index (κ1) is 21.8. The minimum atomic E-state index is 0. The van der Waals surface area contributed by atoms with Crippen molar-refractivity contribution in [2.24, 2.45) is 10.9 Å². The fourth-order valence-electron chi connectivity index (χ4n) is 2.84. The van der Waals surface area contributed by atoms with Gasteiger partial charge in [0, 0.05) is 54.2 Å². The summed E-state index contributed by atoms with van der Waals surface area (Å²) in [6.07, 6.45) is 4.91. The second-order valence-electron chi connectivity index (χ2n) is 6.51. The Morgan fingerprint density at radius 1 is 1.26 bits per heavy atom. The van der Waals surface area contributed by atoms with E-state index in [4.69, 9.17) is 11.6 Å². The number of carbonyl (C=O) groups excluding carboxylic acids is 1. The molecule has 0 bridgehead atoms. The summed E-state index contributed by atoms with van der Waals surface area (Å²) in [5.74, 6) is 1.19. The van der Waals surface area contributed by atoms with Gasteiger partial charge in [0.2, 0.25) is 5.91 Å². The lowest BCUT2D eigenvalue weighted by Crippen LogP contribution is -2.41. The van der Waals surface area contributed by atoms with Crippen molar-refractivity contribution in [1.82, 2.24) is 20.9 Å². The van der Waals surface area contributed by atoms with Gasteiger partial charge in [-0.15, -0.1) is 24.0 Å². The first-order chi connectivity index (χ1) is 12.7. The highest BCUT2D eigenvalue weighted by molar-refractivity contribution is 14.0. The Bertz CT molecular complexity index is 787. The second-order valence-corrected chi connectivity index (χ2v) is 6.94. The molecule has 1 heterocycles. The van der Waals surface area contributed by atoms with Crippen LogP contribution in [0.3, 0.4) is 0 Å². The fourth-order valence-corrected chi connectivity index (χ4v) is 3.02. The Labute approximate surface area is 181 Å². The van der Waals surface area contributed by atoms with Crippen molar-refractivity contribution in [2.45, 2.75) is 26.2 Å². The largest absolute Gasteiger partial charge is 0.361 e. The number of rotatable bonds is 8. The van der Waals surface area contributed by atoms with Gasteiger partial charge in [0.15, 0.2) is 5.96 Å². The Hall–Kier alpha value is -1.48. The first-order valence-corrected chi connectivity index (χ1v) is 9.60. The van der Waals surface area contributed by atoms with Crippen molar-refractivity contribution in [3.05, 3.63) is 35.0 Å². The van der Waals surface area contributed by atoms with E-state index in [0.29, 0.717) is 19.6 Å². The number of aromatic nitrogens is 1. The van der Waals surface area contributed by atoms with Gasteiger partial charge in [-0.2, -0.15) is 0 Å². The molecule has 8 heteroatoms.